The third-order valence-corrected chi connectivity index (χ3v) is 4.79. The number of nitrogens with zero attached hydrogens (tertiary/aromatic N) is 6. The lowest BCUT2D eigenvalue weighted by molar-refractivity contribution is -0.384. The summed E-state index contributed by atoms with van der Waals surface area (Å²) in [7, 11) is 1.91. The summed E-state index contributed by atoms with van der Waals surface area (Å²) in [5, 5.41) is 18.5. The van der Waals surface area contributed by atoms with Crippen molar-refractivity contribution in [1.82, 2.24) is 29.5 Å². The van der Waals surface area contributed by atoms with Gasteiger partial charge in [-0.15, -0.1) is 0 Å². The Bertz CT molecular complexity index is 1010. The number of amides is 1. The van der Waals surface area contributed by atoms with Crippen molar-refractivity contribution in [2.24, 2.45) is 7.05 Å². The highest BCUT2D eigenvalue weighted by Crippen LogP contribution is 2.23. The summed E-state index contributed by atoms with van der Waals surface area (Å²) in [5.41, 5.74) is 0.969. The number of rotatable bonds is 4. The molecule has 10 nitrogen and oxygen atoms in total. The Labute approximate surface area is 160 Å². The average Bonchev–Trinajstić information content (AvgIpc) is 3.37. The van der Waals surface area contributed by atoms with Crippen molar-refractivity contribution in [1.29, 1.82) is 0 Å². The first kappa shape index (κ1) is 17.9. The molecule has 1 atom stereocenters. The third-order valence-electron chi connectivity index (χ3n) is 4.79. The zero-order valence-electron chi connectivity index (χ0n) is 15.2. The summed E-state index contributed by atoms with van der Waals surface area (Å²) < 4.78 is 3.45. The maximum absolute atomic E-state index is 13.1. The molecular formula is C18H19N7O3. The van der Waals surface area contributed by atoms with Crippen LogP contribution in [0.3, 0.4) is 0 Å². The van der Waals surface area contributed by atoms with Crippen molar-refractivity contribution in [3.8, 4) is 5.69 Å². The number of nitro benzene ring substituents is 1. The highest BCUT2D eigenvalue weighted by Gasteiger charge is 2.32. The number of nitrogens with one attached hydrogen (secondary N) is 1. The van der Waals surface area contributed by atoms with Gasteiger partial charge < -0.3 is 14.8 Å². The van der Waals surface area contributed by atoms with Crippen molar-refractivity contribution in [3.63, 3.8) is 0 Å². The molecule has 10 heteroatoms. The van der Waals surface area contributed by atoms with Crippen LogP contribution in [-0.2, 0) is 7.05 Å². The largest absolute Gasteiger partial charge is 0.336 e. The van der Waals surface area contributed by atoms with Crippen LogP contribution in [0.15, 0.2) is 48.9 Å². The van der Waals surface area contributed by atoms with Crippen LogP contribution < -0.4 is 5.32 Å². The molecule has 0 radical (unpaired) electrons. The van der Waals surface area contributed by atoms with Crippen molar-refractivity contribution in [2.45, 2.75) is 6.04 Å². The molecule has 1 fully saturated rings. The molecule has 0 aliphatic carbocycles. The van der Waals surface area contributed by atoms with Crippen molar-refractivity contribution < 1.29 is 9.72 Å². The number of imidazole rings is 1. The lowest BCUT2D eigenvalue weighted by Gasteiger charge is -2.35. The quantitative estimate of drug-likeness (QED) is 0.539. The van der Waals surface area contributed by atoms with Gasteiger partial charge in [0.2, 0.25) is 0 Å². The molecule has 1 unspecified atom stereocenters. The SMILES string of the molecule is Cn1ccnc1C1CNCCN1C(=O)c1ccn(-c2ccc([N+](=O)[O-])cc2)n1. The third kappa shape index (κ3) is 3.25. The van der Waals surface area contributed by atoms with Gasteiger partial charge in [0.1, 0.15) is 11.9 Å². The van der Waals surface area contributed by atoms with Gasteiger partial charge in [-0.1, -0.05) is 0 Å². The van der Waals surface area contributed by atoms with Crippen LogP contribution in [0.1, 0.15) is 22.4 Å². The molecular weight excluding hydrogens is 362 g/mol. The Morgan fingerprint density at radius 2 is 2.04 bits per heavy atom. The van der Waals surface area contributed by atoms with E-state index in [4.69, 9.17) is 0 Å². The van der Waals surface area contributed by atoms with E-state index in [9.17, 15) is 14.9 Å². The number of benzene rings is 1. The summed E-state index contributed by atoms with van der Waals surface area (Å²) >= 11 is 0. The van der Waals surface area contributed by atoms with Gasteiger partial charge in [0.05, 0.1) is 10.6 Å². The number of piperazine rings is 1. The van der Waals surface area contributed by atoms with E-state index >= 15 is 0 Å². The van der Waals surface area contributed by atoms with Gasteiger partial charge in [-0.25, -0.2) is 9.67 Å². The number of aromatic nitrogens is 4. The predicted molar refractivity (Wildman–Crippen MR) is 100 cm³/mol. The fourth-order valence-corrected chi connectivity index (χ4v) is 3.33. The number of nitro groups is 1. The zero-order chi connectivity index (χ0) is 19.7. The molecule has 3 aromatic rings. The van der Waals surface area contributed by atoms with Crippen LogP contribution in [0, 0.1) is 10.1 Å². The molecule has 1 aliphatic heterocycles. The number of non-ortho nitro benzene ring substituents is 1. The molecule has 1 saturated heterocycles. The Kier molecular flexibility index (Phi) is 4.62. The summed E-state index contributed by atoms with van der Waals surface area (Å²) in [6.45, 7) is 1.89. The van der Waals surface area contributed by atoms with E-state index in [2.05, 4.69) is 15.4 Å². The maximum Gasteiger partial charge on any atom is 0.275 e. The normalized spacial score (nSPS) is 16.9. The monoisotopic (exact) mass is 381 g/mol. The van der Waals surface area contributed by atoms with E-state index in [1.807, 2.05) is 17.8 Å². The second kappa shape index (κ2) is 7.24. The summed E-state index contributed by atoms with van der Waals surface area (Å²) in [4.78, 5) is 29.6. The maximum atomic E-state index is 13.1. The molecule has 28 heavy (non-hydrogen) atoms. The van der Waals surface area contributed by atoms with E-state index in [0.29, 0.717) is 31.0 Å². The molecule has 1 amide bonds. The topological polar surface area (TPSA) is 111 Å². The summed E-state index contributed by atoms with van der Waals surface area (Å²) in [6.07, 6.45) is 5.25. The Hall–Kier alpha value is -3.53. The number of aryl methyl sites for hydroxylation is 1. The van der Waals surface area contributed by atoms with E-state index in [0.717, 1.165) is 5.82 Å². The van der Waals surface area contributed by atoms with Crippen molar-refractivity contribution >= 4 is 11.6 Å². The van der Waals surface area contributed by atoms with Gasteiger partial charge >= 0.3 is 0 Å². The van der Waals surface area contributed by atoms with E-state index in [1.54, 1.807) is 35.5 Å². The Morgan fingerprint density at radius 1 is 1.25 bits per heavy atom. The molecule has 4 rings (SSSR count). The first-order valence-electron chi connectivity index (χ1n) is 8.84. The minimum Gasteiger partial charge on any atom is -0.336 e. The first-order chi connectivity index (χ1) is 13.5. The molecule has 0 saturated carbocycles. The molecule has 1 aromatic carbocycles. The van der Waals surface area contributed by atoms with Crippen LogP contribution in [0.5, 0.6) is 0 Å². The molecule has 0 bridgehead atoms. The number of hydrogen-bond donors (Lipinski definition) is 1. The zero-order valence-corrected chi connectivity index (χ0v) is 15.2. The second-order valence-corrected chi connectivity index (χ2v) is 6.53. The van der Waals surface area contributed by atoms with E-state index < -0.39 is 4.92 Å². The minimum atomic E-state index is -0.454. The number of carbonyl (C=O) groups is 1. The van der Waals surface area contributed by atoms with Gasteiger partial charge in [0.15, 0.2) is 5.69 Å². The van der Waals surface area contributed by atoms with Crippen molar-refractivity contribution in [3.05, 3.63) is 70.6 Å². The number of carbonyl (C=O) groups excluding carboxylic acids is 1. The van der Waals surface area contributed by atoms with Crippen LogP contribution >= 0.6 is 0 Å². The lowest BCUT2D eigenvalue weighted by atomic mass is 10.1. The molecule has 3 heterocycles. The van der Waals surface area contributed by atoms with Gasteiger partial charge in [0.25, 0.3) is 11.6 Å². The van der Waals surface area contributed by atoms with Gasteiger partial charge in [-0.3, -0.25) is 14.9 Å². The standard InChI is InChI=1S/C18H19N7O3/c1-22-10-8-20-17(22)16-12-19-7-11-23(16)18(26)15-6-9-24(21-15)13-2-4-14(5-3-13)25(27)28/h2-6,8-10,16,19H,7,11-12H2,1H3. The van der Waals surface area contributed by atoms with E-state index in [-0.39, 0.29) is 17.6 Å². The fourth-order valence-electron chi connectivity index (χ4n) is 3.33. The number of hydrogen-bond acceptors (Lipinski definition) is 6. The molecule has 144 valence electrons. The Balaban J connectivity index is 1.58. The summed E-state index contributed by atoms with van der Waals surface area (Å²) in [5.74, 6) is 0.644. The second-order valence-electron chi connectivity index (χ2n) is 6.53. The van der Waals surface area contributed by atoms with Crippen LogP contribution in [0.4, 0.5) is 5.69 Å². The van der Waals surface area contributed by atoms with Crippen LogP contribution in [-0.4, -0.2) is 54.7 Å². The molecule has 1 N–H and O–H groups in total. The minimum absolute atomic E-state index is 0.00549. The predicted octanol–water partition coefficient (Wildman–Crippen LogP) is 1.30. The highest BCUT2D eigenvalue weighted by molar-refractivity contribution is 5.92. The summed E-state index contributed by atoms with van der Waals surface area (Å²) in [6, 6.07) is 7.49. The van der Waals surface area contributed by atoms with Gasteiger partial charge in [-0.2, -0.15) is 5.10 Å². The molecule has 0 spiro atoms. The molecule has 1 aliphatic rings. The molecule has 2 aromatic heterocycles. The van der Waals surface area contributed by atoms with Crippen LogP contribution in [0.25, 0.3) is 5.69 Å². The first-order valence-corrected chi connectivity index (χ1v) is 8.84. The lowest BCUT2D eigenvalue weighted by Crippen LogP contribution is -2.49. The average molecular weight is 381 g/mol. The smallest absolute Gasteiger partial charge is 0.275 e. The van der Waals surface area contributed by atoms with Crippen LogP contribution in [0.2, 0.25) is 0 Å². The van der Waals surface area contributed by atoms with Gasteiger partial charge in [-0.05, 0) is 18.2 Å². The van der Waals surface area contributed by atoms with Crippen molar-refractivity contribution in [2.75, 3.05) is 19.6 Å². The van der Waals surface area contributed by atoms with Gasteiger partial charge in [0, 0.05) is 57.4 Å². The Morgan fingerprint density at radius 3 is 2.71 bits per heavy atom. The van der Waals surface area contributed by atoms with E-state index in [1.165, 1.54) is 16.8 Å². The fraction of sp³-hybridized carbons (Fsp3) is 0.278. The highest BCUT2D eigenvalue weighted by atomic mass is 16.6.